The van der Waals surface area contributed by atoms with E-state index in [1.165, 1.54) is 0 Å². The van der Waals surface area contributed by atoms with Crippen molar-refractivity contribution in [1.29, 1.82) is 0 Å². The molecule has 7 nitrogen and oxygen atoms in total. The third-order valence-corrected chi connectivity index (χ3v) is 4.58. The molecule has 0 aliphatic carbocycles. The molecule has 0 atom stereocenters. The van der Waals surface area contributed by atoms with Crippen LogP contribution in [0.4, 0.5) is 0 Å². The summed E-state index contributed by atoms with van der Waals surface area (Å²) in [6.07, 6.45) is 7.04. The summed E-state index contributed by atoms with van der Waals surface area (Å²) in [7, 11) is 0. The first-order valence-electron chi connectivity index (χ1n) is 9.50. The number of amides is 1. The molecule has 0 aliphatic rings. The zero-order valence-electron chi connectivity index (χ0n) is 16.4. The molecule has 1 N–H and O–H groups in total. The minimum atomic E-state index is -0.203. The number of aromatic nitrogens is 5. The van der Waals surface area contributed by atoms with Crippen LogP contribution in [0.15, 0.2) is 73.3 Å². The fraction of sp³-hybridized carbons (Fsp3) is 0.182. The van der Waals surface area contributed by atoms with E-state index in [2.05, 4.69) is 29.2 Å². The van der Waals surface area contributed by atoms with Crippen molar-refractivity contribution in [3.63, 3.8) is 0 Å². The lowest BCUT2D eigenvalue weighted by Crippen LogP contribution is -2.25. The second kappa shape index (κ2) is 8.10. The van der Waals surface area contributed by atoms with Crippen molar-refractivity contribution < 1.29 is 4.79 Å². The summed E-state index contributed by atoms with van der Waals surface area (Å²) >= 11 is 0. The van der Waals surface area contributed by atoms with E-state index in [1.54, 1.807) is 41.5 Å². The van der Waals surface area contributed by atoms with Crippen LogP contribution < -0.4 is 5.32 Å². The summed E-state index contributed by atoms with van der Waals surface area (Å²) in [4.78, 5) is 17.2. The average molecular weight is 386 g/mol. The quantitative estimate of drug-likeness (QED) is 0.550. The van der Waals surface area contributed by atoms with Crippen molar-refractivity contribution in [3.05, 3.63) is 90.1 Å². The standard InChI is InChI=1S/C22H22N6O/c1-16(2)20-17(15-28(26-20)18-8-4-3-5-9-18)14-24-22(29)19-10-6-11-23-21(19)27-13-7-12-25-27/h3-13,15-16H,14H2,1-2H3,(H,24,29). The van der Waals surface area contributed by atoms with Gasteiger partial charge in [0, 0.05) is 36.9 Å². The maximum Gasteiger partial charge on any atom is 0.255 e. The van der Waals surface area contributed by atoms with Crippen LogP contribution in [0, 0.1) is 0 Å². The number of nitrogens with zero attached hydrogens (tertiary/aromatic N) is 5. The van der Waals surface area contributed by atoms with Gasteiger partial charge in [0.1, 0.15) is 0 Å². The highest BCUT2D eigenvalue weighted by Crippen LogP contribution is 2.20. The fourth-order valence-electron chi connectivity index (χ4n) is 3.18. The molecule has 0 radical (unpaired) electrons. The van der Waals surface area contributed by atoms with Gasteiger partial charge >= 0.3 is 0 Å². The first-order valence-corrected chi connectivity index (χ1v) is 9.50. The normalized spacial score (nSPS) is 11.0. The molecule has 7 heteroatoms. The van der Waals surface area contributed by atoms with Crippen LogP contribution in [0.3, 0.4) is 0 Å². The Morgan fingerprint density at radius 3 is 2.59 bits per heavy atom. The minimum Gasteiger partial charge on any atom is -0.348 e. The number of benzene rings is 1. The predicted molar refractivity (Wildman–Crippen MR) is 110 cm³/mol. The molecule has 1 amide bonds. The largest absolute Gasteiger partial charge is 0.348 e. The van der Waals surface area contributed by atoms with E-state index in [1.807, 2.05) is 41.2 Å². The molecule has 0 spiro atoms. The lowest BCUT2D eigenvalue weighted by molar-refractivity contribution is 0.0950. The number of carbonyl (C=O) groups is 1. The van der Waals surface area contributed by atoms with Gasteiger partial charge in [-0.2, -0.15) is 10.2 Å². The Balaban J connectivity index is 1.57. The summed E-state index contributed by atoms with van der Waals surface area (Å²) < 4.78 is 3.44. The van der Waals surface area contributed by atoms with Crippen LogP contribution in [-0.4, -0.2) is 30.5 Å². The number of carbonyl (C=O) groups excluding carboxylic acids is 1. The monoisotopic (exact) mass is 386 g/mol. The number of nitrogens with one attached hydrogen (secondary N) is 1. The van der Waals surface area contributed by atoms with E-state index in [0.717, 1.165) is 16.9 Å². The Hall–Kier alpha value is -3.74. The summed E-state index contributed by atoms with van der Waals surface area (Å²) in [5, 5.41) is 11.9. The summed E-state index contributed by atoms with van der Waals surface area (Å²) in [5.41, 5.74) is 3.41. The van der Waals surface area contributed by atoms with Crippen LogP contribution in [0.1, 0.15) is 41.4 Å². The van der Waals surface area contributed by atoms with Gasteiger partial charge in [0.25, 0.3) is 5.91 Å². The molecule has 0 saturated carbocycles. The van der Waals surface area contributed by atoms with Gasteiger partial charge in [0.2, 0.25) is 0 Å². The predicted octanol–water partition coefficient (Wildman–Crippen LogP) is 3.51. The molecule has 4 aromatic rings. The SMILES string of the molecule is CC(C)c1nn(-c2ccccc2)cc1CNC(=O)c1cccnc1-n1cccn1. The van der Waals surface area contributed by atoms with Gasteiger partial charge in [-0.25, -0.2) is 14.3 Å². The number of hydrogen-bond acceptors (Lipinski definition) is 4. The molecule has 1 aromatic carbocycles. The maximum atomic E-state index is 12.9. The van der Waals surface area contributed by atoms with E-state index in [-0.39, 0.29) is 11.8 Å². The number of para-hydroxylation sites is 1. The Kier molecular flexibility index (Phi) is 5.20. The molecule has 3 heterocycles. The van der Waals surface area contributed by atoms with Crippen molar-refractivity contribution in [2.24, 2.45) is 0 Å². The van der Waals surface area contributed by atoms with Crippen LogP contribution in [0.5, 0.6) is 0 Å². The molecule has 29 heavy (non-hydrogen) atoms. The molecular weight excluding hydrogens is 364 g/mol. The smallest absolute Gasteiger partial charge is 0.255 e. The lowest BCUT2D eigenvalue weighted by Gasteiger charge is -2.10. The zero-order chi connectivity index (χ0) is 20.2. The van der Waals surface area contributed by atoms with Crippen molar-refractivity contribution in [2.45, 2.75) is 26.3 Å². The van der Waals surface area contributed by atoms with Crippen molar-refractivity contribution in [2.75, 3.05) is 0 Å². The highest BCUT2D eigenvalue weighted by atomic mass is 16.1. The second-order valence-electron chi connectivity index (χ2n) is 6.98. The molecule has 4 rings (SSSR count). The first-order chi connectivity index (χ1) is 14.1. The van der Waals surface area contributed by atoms with Crippen molar-refractivity contribution >= 4 is 5.91 Å². The third kappa shape index (κ3) is 3.94. The van der Waals surface area contributed by atoms with Crippen LogP contribution in [0.2, 0.25) is 0 Å². The summed E-state index contributed by atoms with van der Waals surface area (Å²) in [6, 6.07) is 15.2. The zero-order valence-corrected chi connectivity index (χ0v) is 16.4. The number of pyridine rings is 1. The Morgan fingerprint density at radius 2 is 1.86 bits per heavy atom. The van der Waals surface area contributed by atoms with E-state index in [4.69, 9.17) is 5.10 Å². The average Bonchev–Trinajstić information content (AvgIpc) is 3.43. The van der Waals surface area contributed by atoms with Crippen molar-refractivity contribution in [1.82, 2.24) is 29.9 Å². The third-order valence-electron chi connectivity index (χ3n) is 4.58. The summed E-state index contributed by atoms with van der Waals surface area (Å²) in [5.74, 6) is 0.537. The van der Waals surface area contributed by atoms with Crippen molar-refractivity contribution in [3.8, 4) is 11.5 Å². The minimum absolute atomic E-state index is 0.203. The number of rotatable bonds is 6. The highest BCUT2D eigenvalue weighted by molar-refractivity contribution is 5.97. The molecule has 3 aromatic heterocycles. The molecule has 146 valence electrons. The molecule has 0 bridgehead atoms. The van der Waals surface area contributed by atoms with Gasteiger partial charge in [0.15, 0.2) is 5.82 Å². The second-order valence-corrected chi connectivity index (χ2v) is 6.98. The van der Waals surface area contributed by atoms with E-state index in [9.17, 15) is 4.79 Å². The molecule has 0 fully saturated rings. The van der Waals surface area contributed by atoms with E-state index < -0.39 is 0 Å². The van der Waals surface area contributed by atoms with Gasteiger partial charge in [-0.15, -0.1) is 0 Å². The van der Waals surface area contributed by atoms with Gasteiger partial charge < -0.3 is 5.32 Å². The van der Waals surface area contributed by atoms with E-state index in [0.29, 0.717) is 17.9 Å². The maximum absolute atomic E-state index is 12.9. The molecule has 0 unspecified atom stereocenters. The molecule has 0 aliphatic heterocycles. The number of hydrogen-bond donors (Lipinski definition) is 1. The molecule has 0 saturated heterocycles. The fourth-order valence-corrected chi connectivity index (χ4v) is 3.18. The highest BCUT2D eigenvalue weighted by Gasteiger charge is 2.17. The first kappa shape index (κ1) is 18.6. The van der Waals surface area contributed by atoms with Gasteiger partial charge in [-0.3, -0.25) is 4.79 Å². The topological polar surface area (TPSA) is 77.6 Å². The van der Waals surface area contributed by atoms with Gasteiger partial charge in [-0.05, 0) is 36.2 Å². The van der Waals surface area contributed by atoms with E-state index >= 15 is 0 Å². The van der Waals surface area contributed by atoms with Crippen LogP contribution >= 0.6 is 0 Å². The Bertz CT molecular complexity index is 1100. The molecular formula is C22H22N6O. The Labute approximate surface area is 169 Å². The Morgan fingerprint density at radius 1 is 1.03 bits per heavy atom. The van der Waals surface area contributed by atoms with Gasteiger partial charge in [-0.1, -0.05) is 32.0 Å². The summed E-state index contributed by atoms with van der Waals surface area (Å²) in [6.45, 7) is 4.58. The lowest BCUT2D eigenvalue weighted by atomic mass is 10.1. The van der Waals surface area contributed by atoms with Gasteiger partial charge in [0.05, 0.1) is 16.9 Å². The van der Waals surface area contributed by atoms with Crippen LogP contribution in [-0.2, 0) is 6.54 Å². The van der Waals surface area contributed by atoms with Crippen LogP contribution in [0.25, 0.3) is 11.5 Å².